The number of benzene rings is 2. The quantitative estimate of drug-likeness (QED) is 0.618. The van der Waals surface area contributed by atoms with Crippen molar-refractivity contribution in [3.8, 4) is 5.75 Å². The molecule has 2 rings (SSSR count). The summed E-state index contributed by atoms with van der Waals surface area (Å²) in [4.78, 5) is 27.6. The van der Waals surface area contributed by atoms with Crippen LogP contribution in [0.2, 0.25) is 0 Å². The largest absolute Gasteiger partial charge is 0.497 e. The van der Waals surface area contributed by atoms with E-state index in [0.717, 1.165) is 17.1 Å². The topological polar surface area (TPSA) is 58.6 Å². The van der Waals surface area contributed by atoms with Gasteiger partial charge < -0.3 is 15.0 Å². The van der Waals surface area contributed by atoms with Crippen LogP contribution in [0.4, 0.5) is 0 Å². The normalized spacial score (nSPS) is 12.2. The first kappa shape index (κ1) is 24.8. The van der Waals surface area contributed by atoms with Crippen LogP contribution in [0.25, 0.3) is 0 Å². The summed E-state index contributed by atoms with van der Waals surface area (Å²) in [6.45, 7) is 10.0. The molecule has 6 heteroatoms. The summed E-state index contributed by atoms with van der Waals surface area (Å²) >= 11 is 1.57. The second kappa shape index (κ2) is 11.2. The fourth-order valence-corrected chi connectivity index (χ4v) is 4.07. The highest BCUT2D eigenvalue weighted by Gasteiger charge is 2.28. The number of nitrogens with one attached hydrogen (secondary N) is 1. The Morgan fingerprint density at radius 2 is 1.74 bits per heavy atom. The first-order valence-corrected chi connectivity index (χ1v) is 11.6. The fourth-order valence-electron chi connectivity index (χ4n) is 3.09. The molecule has 0 saturated heterocycles. The van der Waals surface area contributed by atoms with Crippen LogP contribution in [0.5, 0.6) is 5.75 Å². The summed E-state index contributed by atoms with van der Waals surface area (Å²) in [5, 5.41) is 2.99. The minimum Gasteiger partial charge on any atom is -0.497 e. The Balaban J connectivity index is 2.11. The Labute approximate surface area is 190 Å². The van der Waals surface area contributed by atoms with Gasteiger partial charge in [0.25, 0.3) is 0 Å². The Morgan fingerprint density at radius 3 is 2.32 bits per heavy atom. The van der Waals surface area contributed by atoms with E-state index in [9.17, 15) is 9.59 Å². The van der Waals surface area contributed by atoms with Gasteiger partial charge in [-0.05, 0) is 63.4 Å². The van der Waals surface area contributed by atoms with E-state index in [1.165, 1.54) is 11.1 Å². The third-order valence-electron chi connectivity index (χ3n) is 4.92. The van der Waals surface area contributed by atoms with Crippen molar-refractivity contribution in [1.82, 2.24) is 10.2 Å². The standard InChI is InChI=1S/C25H34N2O3S/c1-18-9-7-8-10-21(18)16-31-17-23(28)27(19(2)24(29)26-25(3,4)5)15-20-11-13-22(30-6)14-12-20/h7-14,19H,15-17H2,1-6H3,(H,26,29)/t19-/m1/s1. The third-order valence-corrected chi connectivity index (χ3v) is 5.89. The highest BCUT2D eigenvalue weighted by Crippen LogP contribution is 2.19. The van der Waals surface area contributed by atoms with Crippen molar-refractivity contribution in [2.45, 2.75) is 58.5 Å². The van der Waals surface area contributed by atoms with Crippen LogP contribution in [-0.2, 0) is 21.9 Å². The minimum absolute atomic E-state index is 0.0500. The summed E-state index contributed by atoms with van der Waals surface area (Å²) in [6, 6.07) is 15.2. The molecule has 0 aliphatic heterocycles. The average molecular weight is 443 g/mol. The molecule has 0 bridgehead atoms. The number of carbonyl (C=O) groups is 2. The molecule has 1 atom stereocenters. The fraction of sp³-hybridized carbons (Fsp3) is 0.440. The van der Waals surface area contributed by atoms with Gasteiger partial charge in [0.1, 0.15) is 11.8 Å². The number of ether oxygens (including phenoxy) is 1. The Bertz CT molecular complexity index is 875. The van der Waals surface area contributed by atoms with Gasteiger partial charge in [0.15, 0.2) is 0 Å². The third kappa shape index (κ3) is 7.94. The summed E-state index contributed by atoms with van der Waals surface area (Å²) in [5.41, 5.74) is 3.03. The number of rotatable bonds is 9. The predicted molar refractivity (Wildman–Crippen MR) is 128 cm³/mol. The average Bonchev–Trinajstić information content (AvgIpc) is 2.72. The van der Waals surface area contributed by atoms with E-state index in [0.29, 0.717) is 12.3 Å². The summed E-state index contributed by atoms with van der Waals surface area (Å²) in [6.07, 6.45) is 0. The predicted octanol–water partition coefficient (Wildman–Crippen LogP) is 4.57. The molecule has 0 fully saturated rings. The van der Waals surface area contributed by atoms with Gasteiger partial charge in [0.05, 0.1) is 12.9 Å². The molecule has 2 amide bonds. The number of hydrogen-bond donors (Lipinski definition) is 1. The molecule has 0 aromatic heterocycles. The number of methoxy groups -OCH3 is 1. The van der Waals surface area contributed by atoms with E-state index in [1.54, 1.807) is 30.7 Å². The Kier molecular flexibility index (Phi) is 8.99. The molecule has 168 valence electrons. The molecular formula is C25H34N2O3S. The second-order valence-corrected chi connectivity index (χ2v) is 9.69. The number of hydrogen-bond acceptors (Lipinski definition) is 4. The van der Waals surface area contributed by atoms with Gasteiger partial charge in [-0.1, -0.05) is 36.4 Å². The first-order chi connectivity index (χ1) is 14.6. The van der Waals surface area contributed by atoms with E-state index in [-0.39, 0.29) is 17.4 Å². The molecule has 0 aliphatic rings. The molecule has 0 unspecified atom stereocenters. The number of nitrogens with zero attached hydrogens (tertiary/aromatic N) is 1. The first-order valence-electron chi connectivity index (χ1n) is 10.5. The van der Waals surface area contributed by atoms with Gasteiger partial charge in [-0.2, -0.15) is 0 Å². The summed E-state index contributed by atoms with van der Waals surface area (Å²) in [5.74, 6) is 1.63. The number of amides is 2. The van der Waals surface area contributed by atoms with Crippen LogP contribution in [0.1, 0.15) is 44.4 Å². The van der Waals surface area contributed by atoms with Crippen molar-refractivity contribution < 1.29 is 14.3 Å². The molecule has 0 radical (unpaired) electrons. The van der Waals surface area contributed by atoms with E-state index >= 15 is 0 Å². The van der Waals surface area contributed by atoms with Gasteiger partial charge in [-0.3, -0.25) is 9.59 Å². The van der Waals surface area contributed by atoms with E-state index in [4.69, 9.17) is 4.74 Å². The van der Waals surface area contributed by atoms with Gasteiger partial charge >= 0.3 is 0 Å². The van der Waals surface area contributed by atoms with Crippen LogP contribution in [0, 0.1) is 6.92 Å². The summed E-state index contributed by atoms with van der Waals surface area (Å²) in [7, 11) is 1.62. The molecule has 31 heavy (non-hydrogen) atoms. The maximum absolute atomic E-state index is 13.2. The van der Waals surface area contributed by atoms with Crippen LogP contribution in [-0.4, -0.2) is 41.2 Å². The SMILES string of the molecule is COc1ccc(CN(C(=O)CSCc2ccccc2C)[C@H](C)C(=O)NC(C)(C)C)cc1. The van der Waals surface area contributed by atoms with Crippen LogP contribution in [0.15, 0.2) is 48.5 Å². The molecule has 2 aromatic carbocycles. The van der Waals surface area contributed by atoms with Crippen molar-refractivity contribution in [1.29, 1.82) is 0 Å². The maximum atomic E-state index is 13.2. The van der Waals surface area contributed by atoms with Crippen LogP contribution >= 0.6 is 11.8 Å². The number of thioether (sulfide) groups is 1. The maximum Gasteiger partial charge on any atom is 0.242 e. The van der Waals surface area contributed by atoms with E-state index < -0.39 is 6.04 Å². The number of aryl methyl sites for hydroxylation is 1. The van der Waals surface area contributed by atoms with Gasteiger partial charge in [-0.15, -0.1) is 11.8 Å². The molecule has 0 spiro atoms. The van der Waals surface area contributed by atoms with Crippen LogP contribution in [0.3, 0.4) is 0 Å². The second-order valence-electron chi connectivity index (χ2n) is 8.70. The van der Waals surface area contributed by atoms with E-state index in [2.05, 4.69) is 24.4 Å². The van der Waals surface area contributed by atoms with Crippen molar-refractivity contribution in [3.63, 3.8) is 0 Å². The highest BCUT2D eigenvalue weighted by atomic mass is 32.2. The van der Waals surface area contributed by atoms with Gasteiger partial charge in [0, 0.05) is 17.8 Å². The molecule has 2 aromatic rings. The lowest BCUT2D eigenvalue weighted by molar-refractivity contribution is -0.139. The van der Waals surface area contributed by atoms with E-state index in [1.807, 2.05) is 57.2 Å². The number of carbonyl (C=O) groups excluding carboxylic acids is 2. The highest BCUT2D eigenvalue weighted by molar-refractivity contribution is 7.99. The van der Waals surface area contributed by atoms with Crippen molar-refractivity contribution in [2.24, 2.45) is 0 Å². The molecule has 0 heterocycles. The summed E-state index contributed by atoms with van der Waals surface area (Å²) < 4.78 is 5.22. The molecule has 5 nitrogen and oxygen atoms in total. The zero-order chi connectivity index (χ0) is 23.0. The lowest BCUT2D eigenvalue weighted by atomic mass is 10.1. The minimum atomic E-state index is -0.576. The zero-order valence-electron chi connectivity index (χ0n) is 19.4. The molecule has 0 saturated carbocycles. The van der Waals surface area contributed by atoms with Gasteiger partial charge in [0.2, 0.25) is 11.8 Å². The Morgan fingerprint density at radius 1 is 1.10 bits per heavy atom. The van der Waals surface area contributed by atoms with Crippen LogP contribution < -0.4 is 10.1 Å². The van der Waals surface area contributed by atoms with Crippen molar-refractivity contribution in [3.05, 3.63) is 65.2 Å². The smallest absolute Gasteiger partial charge is 0.242 e. The Hall–Kier alpha value is -2.47. The molecule has 1 N–H and O–H groups in total. The molecule has 0 aliphatic carbocycles. The lowest BCUT2D eigenvalue weighted by Gasteiger charge is -2.31. The van der Waals surface area contributed by atoms with Crippen molar-refractivity contribution >= 4 is 23.6 Å². The molecular weight excluding hydrogens is 408 g/mol. The zero-order valence-corrected chi connectivity index (χ0v) is 20.2. The lowest BCUT2D eigenvalue weighted by Crippen LogP contribution is -2.52. The van der Waals surface area contributed by atoms with Gasteiger partial charge in [-0.25, -0.2) is 0 Å². The monoisotopic (exact) mass is 442 g/mol. The van der Waals surface area contributed by atoms with Crippen molar-refractivity contribution in [2.75, 3.05) is 12.9 Å².